The summed E-state index contributed by atoms with van der Waals surface area (Å²) >= 11 is 4.32. The molecule has 2 aromatic carbocycles. The minimum atomic E-state index is -0.976. The second-order valence-electron chi connectivity index (χ2n) is 6.71. The molecular formula is C21H24N2O3S. The molecular weight excluding hydrogens is 360 g/mol. The van der Waals surface area contributed by atoms with E-state index in [1.165, 1.54) is 0 Å². The van der Waals surface area contributed by atoms with Crippen LogP contribution in [0.4, 0.5) is 11.4 Å². The second kappa shape index (κ2) is 8.95. The van der Waals surface area contributed by atoms with Gasteiger partial charge in [-0.05, 0) is 48.6 Å². The highest BCUT2D eigenvalue weighted by atomic mass is 32.1. The molecule has 1 amide bonds. The lowest BCUT2D eigenvalue weighted by Gasteiger charge is -2.20. The van der Waals surface area contributed by atoms with Crippen molar-refractivity contribution in [2.24, 2.45) is 0 Å². The molecule has 5 nitrogen and oxygen atoms in total. The molecule has 27 heavy (non-hydrogen) atoms. The van der Waals surface area contributed by atoms with Gasteiger partial charge < -0.3 is 15.3 Å². The Labute approximate surface area is 164 Å². The smallest absolute Gasteiger partial charge is 0.337 e. The van der Waals surface area contributed by atoms with Crippen molar-refractivity contribution < 1.29 is 14.7 Å². The van der Waals surface area contributed by atoms with Crippen LogP contribution in [0.2, 0.25) is 0 Å². The molecule has 2 aromatic rings. The first-order valence-corrected chi connectivity index (χ1v) is 9.81. The third kappa shape index (κ3) is 4.83. The van der Waals surface area contributed by atoms with Crippen LogP contribution in [0.15, 0.2) is 42.5 Å². The Hall–Kier alpha value is -2.47. The van der Waals surface area contributed by atoms with Gasteiger partial charge in [-0.15, -0.1) is 0 Å². The number of hydrogen-bond acceptors (Lipinski definition) is 4. The molecule has 1 aliphatic heterocycles. The topological polar surface area (TPSA) is 69.6 Å². The molecule has 2 N–H and O–H groups in total. The van der Waals surface area contributed by atoms with Crippen LogP contribution in [0.25, 0.3) is 0 Å². The van der Waals surface area contributed by atoms with E-state index in [0.29, 0.717) is 24.3 Å². The molecule has 1 heterocycles. The predicted octanol–water partition coefficient (Wildman–Crippen LogP) is 3.99. The molecule has 0 bridgehead atoms. The van der Waals surface area contributed by atoms with Crippen LogP contribution in [0.3, 0.4) is 0 Å². The Bertz CT molecular complexity index is 832. The molecule has 1 aliphatic rings. The summed E-state index contributed by atoms with van der Waals surface area (Å²) in [5, 5.41) is 12.4. The number of carbonyl (C=O) groups excluding carboxylic acids is 1. The Morgan fingerprint density at radius 1 is 1.07 bits per heavy atom. The van der Waals surface area contributed by atoms with Gasteiger partial charge in [-0.1, -0.05) is 24.3 Å². The summed E-state index contributed by atoms with van der Waals surface area (Å²) in [7, 11) is 0. The van der Waals surface area contributed by atoms with Gasteiger partial charge in [0.2, 0.25) is 5.91 Å². The number of thiol groups is 1. The van der Waals surface area contributed by atoms with Crippen LogP contribution >= 0.6 is 12.6 Å². The normalized spacial score (nSPS) is 13.6. The van der Waals surface area contributed by atoms with Crippen LogP contribution < -0.4 is 10.2 Å². The molecule has 142 valence electrons. The van der Waals surface area contributed by atoms with Crippen molar-refractivity contribution >= 4 is 35.9 Å². The minimum Gasteiger partial charge on any atom is -0.478 e. The number of nitrogens with one attached hydrogen (secondary N) is 1. The van der Waals surface area contributed by atoms with Gasteiger partial charge in [0.1, 0.15) is 0 Å². The van der Waals surface area contributed by atoms with Gasteiger partial charge in [0, 0.05) is 31.0 Å². The molecule has 0 saturated carbocycles. The van der Waals surface area contributed by atoms with Gasteiger partial charge in [0.15, 0.2) is 0 Å². The number of hydrogen-bond donors (Lipinski definition) is 3. The van der Waals surface area contributed by atoms with E-state index in [9.17, 15) is 14.7 Å². The average molecular weight is 385 g/mol. The number of carboxylic acid groups (broad SMARTS) is 1. The standard InChI is InChI=1S/C21H24N2O3S/c24-20(10-7-15-5-1-2-6-16(15)14-27)22-17-8-9-19(18(13-17)21(25)26)23-11-3-4-12-23/h1-2,5-6,8-9,13,27H,3-4,7,10-12,14H2,(H,22,24)(H,25,26). The largest absolute Gasteiger partial charge is 0.478 e. The van der Waals surface area contributed by atoms with E-state index in [2.05, 4.69) is 22.8 Å². The lowest BCUT2D eigenvalue weighted by molar-refractivity contribution is -0.116. The van der Waals surface area contributed by atoms with E-state index < -0.39 is 5.97 Å². The number of aromatic carboxylic acids is 1. The van der Waals surface area contributed by atoms with Crippen LogP contribution in [-0.4, -0.2) is 30.1 Å². The number of amides is 1. The summed E-state index contributed by atoms with van der Waals surface area (Å²) in [6, 6.07) is 13.1. The molecule has 0 aliphatic carbocycles. The number of benzene rings is 2. The fraction of sp³-hybridized carbons (Fsp3) is 0.333. The summed E-state index contributed by atoms with van der Waals surface area (Å²) in [5.74, 6) is -0.470. The van der Waals surface area contributed by atoms with Crippen LogP contribution in [0.5, 0.6) is 0 Å². The number of aryl methyl sites for hydroxylation is 1. The van der Waals surface area contributed by atoms with E-state index in [-0.39, 0.29) is 11.5 Å². The number of nitrogens with zero attached hydrogens (tertiary/aromatic N) is 1. The van der Waals surface area contributed by atoms with Crippen molar-refractivity contribution in [3.63, 3.8) is 0 Å². The first kappa shape index (κ1) is 19.3. The molecule has 0 unspecified atom stereocenters. The van der Waals surface area contributed by atoms with Gasteiger partial charge >= 0.3 is 5.97 Å². The highest BCUT2D eigenvalue weighted by Gasteiger charge is 2.20. The average Bonchev–Trinajstić information content (AvgIpc) is 3.21. The maximum Gasteiger partial charge on any atom is 0.337 e. The fourth-order valence-electron chi connectivity index (χ4n) is 3.45. The number of anilines is 2. The zero-order chi connectivity index (χ0) is 19.2. The van der Waals surface area contributed by atoms with Crippen molar-refractivity contribution in [3.8, 4) is 0 Å². The van der Waals surface area contributed by atoms with Crippen molar-refractivity contribution in [1.29, 1.82) is 0 Å². The lowest BCUT2D eigenvalue weighted by atomic mass is 10.0. The van der Waals surface area contributed by atoms with Crippen LogP contribution in [0, 0.1) is 0 Å². The third-order valence-corrected chi connectivity index (χ3v) is 5.21. The summed E-state index contributed by atoms with van der Waals surface area (Å²) in [6.07, 6.45) is 3.11. The van der Waals surface area contributed by atoms with Gasteiger partial charge in [-0.25, -0.2) is 4.79 Å². The number of carboxylic acids is 1. The first-order valence-electron chi connectivity index (χ1n) is 9.18. The Morgan fingerprint density at radius 2 is 1.78 bits per heavy atom. The zero-order valence-electron chi connectivity index (χ0n) is 15.1. The fourth-order valence-corrected chi connectivity index (χ4v) is 3.75. The monoisotopic (exact) mass is 384 g/mol. The van der Waals surface area contributed by atoms with E-state index in [1.807, 2.05) is 24.3 Å². The third-order valence-electron chi connectivity index (χ3n) is 4.87. The lowest BCUT2D eigenvalue weighted by Crippen LogP contribution is -2.21. The summed E-state index contributed by atoms with van der Waals surface area (Å²) < 4.78 is 0. The Kier molecular flexibility index (Phi) is 6.40. The maximum absolute atomic E-state index is 12.3. The predicted molar refractivity (Wildman–Crippen MR) is 111 cm³/mol. The Morgan fingerprint density at radius 3 is 2.44 bits per heavy atom. The van der Waals surface area contributed by atoms with Crippen LogP contribution in [-0.2, 0) is 17.0 Å². The molecule has 6 heteroatoms. The summed E-state index contributed by atoms with van der Waals surface area (Å²) in [4.78, 5) is 26.1. The molecule has 0 atom stereocenters. The molecule has 0 radical (unpaired) electrons. The highest BCUT2D eigenvalue weighted by molar-refractivity contribution is 7.79. The van der Waals surface area contributed by atoms with E-state index >= 15 is 0 Å². The van der Waals surface area contributed by atoms with Crippen molar-refractivity contribution in [2.75, 3.05) is 23.3 Å². The van der Waals surface area contributed by atoms with Gasteiger partial charge in [-0.3, -0.25) is 4.79 Å². The molecule has 0 aromatic heterocycles. The maximum atomic E-state index is 12.3. The molecule has 1 fully saturated rings. The molecule has 0 spiro atoms. The molecule has 3 rings (SSSR count). The molecule has 1 saturated heterocycles. The van der Waals surface area contributed by atoms with E-state index in [1.54, 1.807) is 18.2 Å². The van der Waals surface area contributed by atoms with Crippen molar-refractivity contribution in [3.05, 3.63) is 59.2 Å². The second-order valence-corrected chi connectivity index (χ2v) is 7.02. The summed E-state index contributed by atoms with van der Waals surface area (Å²) in [5.41, 5.74) is 3.70. The first-order chi connectivity index (χ1) is 13.1. The van der Waals surface area contributed by atoms with Gasteiger partial charge in [0.05, 0.1) is 11.3 Å². The van der Waals surface area contributed by atoms with E-state index in [0.717, 1.165) is 42.7 Å². The van der Waals surface area contributed by atoms with Gasteiger partial charge in [0.25, 0.3) is 0 Å². The van der Waals surface area contributed by atoms with Crippen molar-refractivity contribution in [2.45, 2.75) is 31.4 Å². The van der Waals surface area contributed by atoms with Crippen LogP contribution in [0.1, 0.15) is 40.7 Å². The zero-order valence-corrected chi connectivity index (χ0v) is 16.0. The highest BCUT2D eigenvalue weighted by Crippen LogP contribution is 2.27. The quantitative estimate of drug-likeness (QED) is 0.632. The SMILES string of the molecule is O=C(CCc1ccccc1CS)Nc1ccc(N2CCCC2)c(C(=O)O)c1. The number of rotatable bonds is 7. The van der Waals surface area contributed by atoms with Crippen molar-refractivity contribution in [1.82, 2.24) is 0 Å². The van der Waals surface area contributed by atoms with Gasteiger partial charge in [-0.2, -0.15) is 12.6 Å². The minimum absolute atomic E-state index is 0.130. The summed E-state index contributed by atoms with van der Waals surface area (Å²) in [6.45, 7) is 1.74. The number of carbonyl (C=O) groups is 2. The Balaban J connectivity index is 1.67. The van der Waals surface area contributed by atoms with E-state index in [4.69, 9.17) is 0 Å².